The Labute approximate surface area is 216 Å². The summed E-state index contributed by atoms with van der Waals surface area (Å²) in [5.74, 6) is -3.00. The number of fused-ring (bicyclic) bond motifs is 5. The molecule has 0 saturated heterocycles. The van der Waals surface area contributed by atoms with Crippen LogP contribution in [0.2, 0.25) is 0 Å². The molecule has 4 aliphatic rings. The van der Waals surface area contributed by atoms with E-state index < -0.39 is 70.5 Å². The molecule has 1 N–H and O–H groups in total. The average Bonchev–Trinajstić information content (AvgIpc) is 3.06. The number of esters is 1. The summed E-state index contributed by atoms with van der Waals surface area (Å²) in [6, 6.07) is 0. The SMILES string of the molecule is CCCC(=O)OCC(=O)[C@@]1(OC(=O)OC)[C@H](C)C[C@H]2[C@@H]3CCC4=CC(=O)C=C[C@]4(C)[C@@]3(F)[C@@H](O)C[C@@]21C. The zero-order valence-electron chi connectivity index (χ0n) is 22.2. The Balaban J connectivity index is 1.77. The summed E-state index contributed by atoms with van der Waals surface area (Å²) in [5, 5.41) is 11.5. The Hall–Kier alpha value is -2.55. The minimum Gasteiger partial charge on any atom is -0.457 e. The van der Waals surface area contributed by atoms with Crippen molar-refractivity contribution in [2.24, 2.45) is 28.6 Å². The molecule has 0 aromatic rings. The van der Waals surface area contributed by atoms with Crippen LogP contribution in [-0.2, 0) is 28.6 Å². The van der Waals surface area contributed by atoms with E-state index in [2.05, 4.69) is 0 Å². The number of methoxy groups -OCH3 is 1. The molecule has 0 amide bonds. The molecule has 4 rings (SSSR count). The van der Waals surface area contributed by atoms with E-state index in [0.29, 0.717) is 31.3 Å². The van der Waals surface area contributed by atoms with Gasteiger partial charge in [0.2, 0.25) is 5.78 Å². The summed E-state index contributed by atoms with van der Waals surface area (Å²) >= 11 is 0. The summed E-state index contributed by atoms with van der Waals surface area (Å²) in [5.41, 5.74) is -5.55. The summed E-state index contributed by atoms with van der Waals surface area (Å²) < 4.78 is 33.1. The first-order valence-corrected chi connectivity index (χ1v) is 13.1. The van der Waals surface area contributed by atoms with Gasteiger partial charge < -0.3 is 19.3 Å². The highest BCUT2D eigenvalue weighted by atomic mass is 19.1. The number of ether oxygens (including phenoxy) is 3. The molecule has 3 saturated carbocycles. The van der Waals surface area contributed by atoms with Crippen LogP contribution in [0.4, 0.5) is 9.18 Å². The van der Waals surface area contributed by atoms with Crippen LogP contribution in [0.5, 0.6) is 0 Å². The van der Waals surface area contributed by atoms with Gasteiger partial charge in [-0.05, 0) is 57.1 Å². The highest BCUT2D eigenvalue weighted by Gasteiger charge is 2.77. The zero-order valence-corrected chi connectivity index (χ0v) is 22.2. The maximum absolute atomic E-state index is 17.4. The Kier molecular flexibility index (Phi) is 6.93. The zero-order chi connectivity index (χ0) is 27.4. The topological polar surface area (TPSA) is 116 Å². The van der Waals surface area contributed by atoms with Crippen molar-refractivity contribution in [1.82, 2.24) is 0 Å². The van der Waals surface area contributed by atoms with E-state index in [4.69, 9.17) is 14.2 Å². The molecular weight excluding hydrogens is 483 g/mol. The second-order valence-corrected chi connectivity index (χ2v) is 11.5. The molecule has 204 valence electrons. The van der Waals surface area contributed by atoms with Crippen molar-refractivity contribution in [3.63, 3.8) is 0 Å². The number of hydrogen-bond acceptors (Lipinski definition) is 8. The number of aliphatic hydroxyl groups excluding tert-OH is 1. The van der Waals surface area contributed by atoms with Crippen molar-refractivity contribution in [2.75, 3.05) is 13.7 Å². The number of ketones is 2. The second-order valence-electron chi connectivity index (χ2n) is 11.5. The largest absolute Gasteiger partial charge is 0.509 e. The normalized spacial score (nSPS) is 42.1. The number of alkyl halides is 1. The van der Waals surface area contributed by atoms with Gasteiger partial charge in [-0.1, -0.05) is 32.4 Å². The minimum absolute atomic E-state index is 0.142. The molecule has 0 aromatic carbocycles. The van der Waals surface area contributed by atoms with Crippen LogP contribution < -0.4 is 0 Å². The molecule has 0 spiro atoms. The average molecular weight is 521 g/mol. The smallest absolute Gasteiger partial charge is 0.457 e. The summed E-state index contributed by atoms with van der Waals surface area (Å²) in [6.07, 6.45) is 3.55. The third kappa shape index (κ3) is 3.71. The number of allylic oxidation sites excluding steroid dienone is 4. The van der Waals surface area contributed by atoms with E-state index in [1.807, 2.05) is 6.92 Å². The molecular formula is C28H37FO8. The van der Waals surface area contributed by atoms with E-state index in [1.165, 1.54) is 12.2 Å². The Morgan fingerprint density at radius 3 is 2.57 bits per heavy atom. The van der Waals surface area contributed by atoms with E-state index in [0.717, 1.165) is 7.11 Å². The quantitative estimate of drug-likeness (QED) is 0.522. The molecule has 0 radical (unpaired) electrons. The van der Waals surface area contributed by atoms with Crippen LogP contribution >= 0.6 is 0 Å². The summed E-state index contributed by atoms with van der Waals surface area (Å²) in [6.45, 7) is 6.45. The third-order valence-corrected chi connectivity index (χ3v) is 9.82. The number of halogens is 1. The van der Waals surface area contributed by atoms with Crippen molar-refractivity contribution >= 4 is 23.7 Å². The van der Waals surface area contributed by atoms with Gasteiger partial charge in [0.15, 0.2) is 23.7 Å². The van der Waals surface area contributed by atoms with E-state index in [-0.39, 0.29) is 18.6 Å². The maximum atomic E-state index is 17.4. The Bertz CT molecular complexity index is 1070. The fourth-order valence-corrected chi connectivity index (χ4v) is 8.10. The number of rotatable bonds is 6. The van der Waals surface area contributed by atoms with Gasteiger partial charge >= 0.3 is 12.1 Å². The lowest BCUT2D eigenvalue weighted by molar-refractivity contribution is -0.222. The second kappa shape index (κ2) is 9.33. The number of hydrogen-bond donors (Lipinski definition) is 1. The van der Waals surface area contributed by atoms with Crippen LogP contribution in [-0.4, -0.2) is 59.9 Å². The van der Waals surface area contributed by atoms with Gasteiger partial charge in [-0.3, -0.25) is 14.4 Å². The molecule has 0 bridgehead atoms. The van der Waals surface area contributed by atoms with Crippen LogP contribution in [0.25, 0.3) is 0 Å². The summed E-state index contributed by atoms with van der Waals surface area (Å²) in [7, 11) is 1.13. The third-order valence-electron chi connectivity index (χ3n) is 9.82. The van der Waals surface area contributed by atoms with Crippen molar-refractivity contribution < 1.29 is 42.9 Å². The van der Waals surface area contributed by atoms with Crippen LogP contribution in [0.3, 0.4) is 0 Å². The van der Waals surface area contributed by atoms with Crippen molar-refractivity contribution in [2.45, 2.75) is 83.6 Å². The maximum Gasteiger partial charge on any atom is 0.509 e. The molecule has 4 aliphatic carbocycles. The lowest BCUT2D eigenvalue weighted by atomic mass is 9.44. The van der Waals surface area contributed by atoms with Gasteiger partial charge in [0.05, 0.1) is 13.2 Å². The van der Waals surface area contributed by atoms with Gasteiger partial charge in [0.25, 0.3) is 0 Å². The molecule has 0 aromatic heterocycles. The first kappa shape index (κ1) is 27.5. The summed E-state index contributed by atoms with van der Waals surface area (Å²) in [4.78, 5) is 50.4. The Morgan fingerprint density at radius 2 is 1.92 bits per heavy atom. The molecule has 8 atom stereocenters. The highest BCUT2D eigenvalue weighted by Crippen LogP contribution is 2.71. The van der Waals surface area contributed by atoms with Gasteiger partial charge in [-0.25, -0.2) is 9.18 Å². The number of aliphatic hydroxyl groups is 1. The molecule has 9 heteroatoms. The molecule has 0 unspecified atom stereocenters. The van der Waals surface area contributed by atoms with Crippen LogP contribution in [0.1, 0.15) is 66.2 Å². The first-order chi connectivity index (χ1) is 17.3. The van der Waals surface area contributed by atoms with Crippen molar-refractivity contribution in [3.8, 4) is 0 Å². The predicted octanol–water partition coefficient (Wildman–Crippen LogP) is 4.04. The fourth-order valence-electron chi connectivity index (χ4n) is 8.10. The van der Waals surface area contributed by atoms with E-state index in [1.54, 1.807) is 26.8 Å². The van der Waals surface area contributed by atoms with Crippen LogP contribution in [0.15, 0.2) is 23.8 Å². The van der Waals surface area contributed by atoms with Gasteiger partial charge in [-0.2, -0.15) is 0 Å². The van der Waals surface area contributed by atoms with Gasteiger partial charge in [-0.15, -0.1) is 0 Å². The molecule has 3 fully saturated rings. The predicted molar refractivity (Wildman–Crippen MR) is 130 cm³/mol. The lowest BCUT2D eigenvalue weighted by Gasteiger charge is -2.62. The highest BCUT2D eigenvalue weighted by molar-refractivity contribution is 6.01. The molecule has 8 nitrogen and oxygen atoms in total. The van der Waals surface area contributed by atoms with Crippen LogP contribution in [0, 0.1) is 28.6 Å². The fraction of sp³-hybridized carbons (Fsp3) is 0.714. The number of carbonyl (C=O) groups excluding carboxylic acids is 4. The molecule has 0 heterocycles. The Morgan fingerprint density at radius 1 is 1.22 bits per heavy atom. The molecule has 0 aliphatic heterocycles. The standard InChI is InChI=1S/C28H37FO8/c1-6-7-23(33)36-15-22(32)28(37-24(34)35-5)16(2)12-20-19-9-8-17-13-18(30)10-11-25(17,3)27(19,29)21(31)14-26(20,28)4/h10-11,13,16,19-21,31H,6-9,12,14-15H2,1-5H3/t16-,19+,20+,21+,25+,26+,27+,28+/m1/s1. The van der Waals surface area contributed by atoms with Crippen molar-refractivity contribution in [1.29, 1.82) is 0 Å². The minimum atomic E-state index is -2.09. The van der Waals surface area contributed by atoms with E-state index >= 15 is 4.39 Å². The van der Waals surface area contributed by atoms with E-state index in [9.17, 15) is 24.3 Å². The van der Waals surface area contributed by atoms with Gasteiger partial charge in [0, 0.05) is 29.1 Å². The molecule has 37 heavy (non-hydrogen) atoms. The van der Waals surface area contributed by atoms with Gasteiger partial charge in [0.1, 0.15) is 0 Å². The lowest BCUT2D eigenvalue weighted by Crippen LogP contribution is -2.70. The number of carbonyl (C=O) groups is 4. The monoisotopic (exact) mass is 520 g/mol. The first-order valence-electron chi connectivity index (χ1n) is 13.1. The number of Topliss-reactive ketones (excluding diaryl/α,β-unsaturated/α-hetero) is 1. The van der Waals surface area contributed by atoms with Crippen molar-refractivity contribution in [3.05, 3.63) is 23.8 Å².